The predicted molar refractivity (Wildman–Crippen MR) is 113 cm³/mol. The second kappa shape index (κ2) is 8.46. The van der Waals surface area contributed by atoms with E-state index in [9.17, 15) is 13.2 Å². The number of carbonyl (C=O) groups excluding carboxylic acids is 1. The standard InChI is InChI=1S/C22H19N3O4S/c26-20(15-17-9-6-8-16-7-4-5-12-19(16)17)23-22-25-24-21(29-22)13-14-30(27,28)18-10-2-1-3-11-18/h1-12H,13-15H2,(H,23,25,26). The fourth-order valence-corrected chi connectivity index (χ4v) is 4.41. The number of rotatable bonds is 7. The van der Waals surface area contributed by atoms with Crippen LogP contribution in [0, 0.1) is 0 Å². The van der Waals surface area contributed by atoms with Gasteiger partial charge in [0.15, 0.2) is 9.84 Å². The average Bonchev–Trinajstić information content (AvgIpc) is 3.20. The molecule has 0 bridgehead atoms. The molecule has 0 aliphatic carbocycles. The van der Waals surface area contributed by atoms with Gasteiger partial charge in [-0.15, -0.1) is 5.10 Å². The first-order valence-electron chi connectivity index (χ1n) is 9.38. The zero-order valence-electron chi connectivity index (χ0n) is 16.0. The van der Waals surface area contributed by atoms with Crippen molar-refractivity contribution in [2.45, 2.75) is 17.7 Å². The lowest BCUT2D eigenvalue weighted by molar-refractivity contribution is -0.115. The first kappa shape index (κ1) is 19.8. The van der Waals surface area contributed by atoms with Crippen molar-refractivity contribution in [2.75, 3.05) is 11.1 Å². The van der Waals surface area contributed by atoms with Crippen molar-refractivity contribution in [1.29, 1.82) is 0 Å². The molecule has 1 N–H and O–H groups in total. The molecule has 0 radical (unpaired) electrons. The quantitative estimate of drug-likeness (QED) is 0.491. The molecule has 0 unspecified atom stereocenters. The minimum atomic E-state index is -3.45. The summed E-state index contributed by atoms with van der Waals surface area (Å²) in [6.45, 7) is 0. The maximum atomic E-state index is 12.4. The second-order valence-electron chi connectivity index (χ2n) is 6.75. The molecule has 0 aliphatic heterocycles. The van der Waals surface area contributed by atoms with Crippen LogP contribution in [0.2, 0.25) is 0 Å². The lowest BCUT2D eigenvalue weighted by Crippen LogP contribution is -2.14. The molecule has 0 saturated carbocycles. The molecule has 1 aromatic heterocycles. The van der Waals surface area contributed by atoms with Crippen molar-refractivity contribution >= 4 is 32.5 Å². The number of benzene rings is 3. The van der Waals surface area contributed by atoms with Crippen molar-refractivity contribution < 1.29 is 17.6 Å². The smallest absolute Gasteiger partial charge is 0.322 e. The Morgan fingerprint density at radius 2 is 1.63 bits per heavy atom. The summed E-state index contributed by atoms with van der Waals surface area (Å²) in [6, 6.07) is 21.8. The van der Waals surface area contributed by atoms with E-state index in [0.717, 1.165) is 16.3 Å². The summed E-state index contributed by atoms with van der Waals surface area (Å²) < 4.78 is 30.1. The number of anilines is 1. The minimum absolute atomic E-state index is 0.0488. The third kappa shape index (κ3) is 4.55. The Morgan fingerprint density at radius 1 is 0.900 bits per heavy atom. The molecule has 152 valence electrons. The van der Waals surface area contributed by atoms with Crippen molar-refractivity contribution in [3.63, 3.8) is 0 Å². The summed E-state index contributed by atoms with van der Waals surface area (Å²) in [6.07, 6.45) is 0.213. The third-order valence-electron chi connectivity index (χ3n) is 4.63. The fourth-order valence-electron chi connectivity index (χ4n) is 3.16. The molecule has 4 rings (SSSR count). The van der Waals surface area contributed by atoms with Crippen LogP contribution in [0.4, 0.5) is 6.01 Å². The van der Waals surface area contributed by atoms with E-state index < -0.39 is 9.84 Å². The number of aromatic nitrogens is 2. The summed E-state index contributed by atoms with van der Waals surface area (Å²) in [5, 5.41) is 12.3. The molecule has 8 heteroatoms. The minimum Gasteiger partial charge on any atom is -0.408 e. The number of amides is 1. The van der Waals surface area contributed by atoms with Gasteiger partial charge in [0.2, 0.25) is 11.8 Å². The first-order chi connectivity index (χ1) is 14.5. The number of hydrogen-bond donors (Lipinski definition) is 1. The van der Waals surface area contributed by atoms with Gasteiger partial charge >= 0.3 is 6.01 Å². The summed E-state index contributed by atoms with van der Waals surface area (Å²) in [7, 11) is -3.45. The van der Waals surface area contributed by atoms with Gasteiger partial charge in [-0.05, 0) is 28.5 Å². The Bertz CT molecular complexity index is 1280. The first-order valence-corrected chi connectivity index (χ1v) is 11.0. The Balaban J connectivity index is 1.38. The van der Waals surface area contributed by atoms with Crippen molar-refractivity contribution in [3.8, 4) is 0 Å². The summed E-state index contributed by atoms with van der Waals surface area (Å²) >= 11 is 0. The Hall–Kier alpha value is -3.52. The molecule has 0 saturated heterocycles. The molecule has 1 heterocycles. The zero-order chi connectivity index (χ0) is 21.0. The van der Waals surface area contributed by atoms with E-state index in [1.54, 1.807) is 30.3 Å². The molecular formula is C22H19N3O4S. The van der Waals surface area contributed by atoms with Crippen LogP contribution in [0.1, 0.15) is 11.5 Å². The highest BCUT2D eigenvalue weighted by molar-refractivity contribution is 7.91. The number of aryl methyl sites for hydroxylation is 1. The van der Waals surface area contributed by atoms with Crippen LogP contribution in [0.5, 0.6) is 0 Å². The van der Waals surface area contributed by atoms with Gasteiger partial charge in [0.25, 0.3) is 0 Å². The van der Waals surface area contributed by atoms with E-state index in [1.165, 1.54) is 0 Å². The molecule has 4 aromatic rings. The maximum Gasteiger partial charge on any atom is 0.322 e. The van der Waals surface area contributed by atoms with Crippen LogP contribution in [0.25, 0.3) is 10.8 Å². The summed E-state index contributed by atoms with van der Waals surface area (Å²) in [5.74, 6) is -0.309. The van der Waals surface area contributed by atoms with Crippen LogP contribution in [-0.2, 0) is 27.5 Å². The number of hydrogen-bond acceptors (Lipinski definition) is 6. The number of fused-ring (bicyclic) bond motifs is 1. The van der Waals surface area contributed by atoms with Gasteiger partial charge in [-0.2, -0.15) is 0 Å². The predicted octanol–water partition coefficient (Wildman–Crippen LogP) is 3.42. The maximum absolute atomic E-state index is 12.4. The molecule has 0 aliphatic rings. The van der Waals surface area contributed by atoms with E-state index in [-0.39, 0.29) is 41.3 Å². The fraction of sp³-hybridized carbons (Fsp3) is 0.136. The van der Waals surface area contributed by atoms with Crippen LogP contribution in [-0.4, -0.2) is 30.3 Å². The molecule has 0 spiro atoms. The normalized spacial score (nSPS) is 11.5. The molecule has 0 atom stereocenters. The topological polar surface area (TPSA) is 102 Å². The van der Waals surface area contributed by atoms with Crippen LogP contribution >= 0.6 is 0 Å². The highest BCUT2D eigenvalue weighted by Gasteiger charge is 2.17. The molecule has 7 nitrogen and oxygen atoms in total. The van der Waals surface area contributed by atoms with E-state index >= 15 is 0 Å². The Labute approximate surface area is 173 Å². The average molecular weight is 421 g/mol. The highest BCUT2D eigenvalue weighted by atomic mass is 32.2. The lowest BCUT2D eigenvalue weighted by atomic mass is 10.0. The van der Waals surface area contributed by atoms with Crippen molar-refractivity contribution in [1.82, 2.24) is 10.2 Å². The Kier molecular flexibility index (Phi) is 5.58. The van der Waals surface area contributed by atoms with Crippen LogP contribution in [0.15, 0.2) is 82.1 Å². The van der Waals surface area contributed by atoms with Gasteiger partial charge in [0.05, 0.1) is 17.1 Å². The van der Waals surface area contributed by atoms with Gasteiger partial charge < -0.3 is 4.42 Å². The molecule has 0 fully saturated rings. The van der Waals surface area contributed by atoms with E-state index in [4.69, 9.17) is 4.42 Å². The van der Waals surface area contributed by atoms with Gasteiger partial charge in [-0.3, -0.25) is 10.1 Å². The van der Waals surface area contributed by atoms with Gasteiger partial charge in [-0.25, -0.2) is 8.42 Å². The monoisotopic (exact) mass is 421 g/mol. The number of nitrogens with zero attached hydrogens (tertiary/aromatic N) is 2. The van der Waals surface area contributed by atoms with Gasteiger partial charge in [0.1, 0.15) is 0 Å². The van der Waals surface area contributed by atoms with Crippen LogP contribution < -0.4 is 5.32 Å². The second-order valence-corrected chi connectivity index (χ2v) is 8.86. The third-order valence-corrected chi connectivity index (χ3v) is 6.36. The van der Waals surface area contributed by atoms with Crippen molar-refractivity contribution in [2.24, 2.45) is 0 Å². The van der Waals surface area contributed by atoms with Crippen molar-refractivity contribution in [3.05, 3.63) is 84.3 Å². The largest absolute Gasteiger partial charge is 0.408 e. The van der Waals surface area contributed by atoms with Gasteiger partial charge in [-0.1, -0.05) is 65.8 Å². The summed E-state index contributed by atoms with van der Waals surface area (Å²) in [5.41, 5.74) is 0.888. The molecule has 1 amide bonds. The van der Waals surface area contributed by atoms with Crippen LogP contribution in [0.3, 0.4) is 0 Å². The zero-order valence-corrected chi connectivity index (χ0v) is 16.8. The molecule has 30 heavy (non-hydrogen) atoms. The van der Waals surface area contributed by atoms with Gasteiger partial charge in [0, 0.05) is 6.42 Å². The SMILES string of the molecule is O=C(Cc1cccc2ccccc12)Nc1nnc(CCS(=O)(=O)c2ccccc2)o1. The van der Waals surface area contributed by atoms with E-state index in [2.05, 4.69) is 15.5 Å². The number of sulfone groups is 1. The Morgan fingerprint density at radius 3 is 2.47 bits per heavy atom. The number of carbonyl (C=O) groups is 1. The summed E-state index contributed by atoms with van der Waals surface area (Å²) in [4.78, 5) is 12.6. The molecule has 3 aromatic carbocycles. The lowest BCUT2D eigenvalue weighted by Gasteiger charge is -2.05. The van der Waals surface area contributed by atoms with E-state index in [0.29, 0.717) is 0 Å². The van der Waals surface area contributed by atoms with E-state index in [1.807, 2.05) is 42.5 Å². The molecular weight excluding hydrogens is 402 g/mol. The highest BCUT2D eigenvalue weighted by Crippen LogP contribution is 2.19. The number of nitrogens with one attached hydrogen (secondary N) is 1.